The molecule has 0 aromatic carbocycles. The van der Waals surface area contributed by atoms with Gasteiger partial charge in [0.1, 0.15) is 5.78 Å². The second kappa shape index (κ2) is 5.10. The molecule has 3 rings (SSSR count). The van der Waals surface area contributed by atoms with Gasteiger partial charge in [-0.2, -0.15) is 0 Å². The van der Waals surface area contributed by atoms with Crippen LogP contribution in [0, 0.1) is 29.6 Å². The lowest BCUT2D eigenvalue weighted by Crippen LogP contribution is -2.45. The van der Waals surface area contributed by atoms with Crippen LogP contribution in [0.1, 0.15) is 38.5 Å². The molecule has 5 atom stereocenters. The van der Waals surface area contributed by atoms with Crippen molar-refractivity contribution < 1.29 is 14.3 Å². The van der Waals surface area contributed by atoms with E-state index in [1.807, 2.05) is 0 Å². The van der Waals surface area contributed by atoms with Gasteiger partial charge in [0.25, 0.3) is 0 Å². The predicted molar refractivity (Wildman–Crippen MR) is 71.3 cm³/mol. The zero-order valence-corrected chi connectivity index (χ0v) is 11.5. The van der Waals surface area contributed by atoms with Crippen molar-refractivity contribution in [3.8, 4) is 0 Å². The van der Waals surface area contributed by atoms with Gasteiger partial charge in [0, 0.05) is 12.8 Å². The molecule has 0 aromatic rings. The normalized spacial score (nSPS) is 41.3. The minimum atomic E-state index is -0.0584. The number of esters is 1. The standard InChI is InChI=1S/C16H22O3/c1-19-16(18)14-4-2-3-10-5-6-11-9-12(17)7-8-13(11)15(10)14/h2-3,10-11,13-15H,4-9H2,1H3. The SMILES string of the molecule is COC(=O)C1CC=CC2CCC3CC(=O)CCC3C21. The van der Waals surface area contributed by atoms with Crippen LogP contribution in [0.2, 0.25) is 0 Å². The van der Waals surface area contributed by atoms with Crippen molar-refractivity contribution in [2.75, 3.05) is 7.11 Å². The highest BCUT2D eigenvalue weighted by Gasteiger charge is 2.47. The van der Waals surface area contributed by atoms with Crippen molar-refractivity contribution in [3.63, 3.8) is 0 Å². The lowest BCUT2D eigenvalue weighted by Gasteiger charge is -2.48. The highest BCUT2D eigenvalue weighted by atomic mass is 16.5. The summed E-state index contributed by atoms with van der Waals surface area (Å²) >= 11 is 0. The van der Waals surface area contributed by atoms with Gasteiger partial charge in [0.15, 0.2) is 0 Å². The van der Waals surface area contributed by atoms with E-state index in [9.17, 15) is 9.59 Å². The van der Waals surface area contributed by atoms with Crippen LogP contribution >= 0.6 is 0 Å². The molecular weight excluding hydrogens is 240 g/mol. The number of methoxy groups -OCH3 is 1. The molecule has 3 heteroatoms. The summed E-state index contributed by atoms with van der Waals surface area (Å²) in [7, 11) is 1.49. The summed E-state index contributed by atoms with van der Waals surface area (Å²) in [6.07, 6.45) is 9.97. The first-order valence-electron chi connectivity index (χ1n) is 7.47. The Morgan fingerprint density at radius 3 is 2.95 bits per heavy atom. The molecule has 0 radical (unpaired) electrons. The number of Topliss-reactive ketones (excluding diaryl/α,β-unsaturated/α-hetero) is 1. The molecule has 3 aliphatic rings. The van der Waals surface area contributed by atoms with Gasteiger partial charge >= 0.3 is 5.97 Å². The van der Waals surface area contributed by atoms with Crippen molar-refractivity contribution in [2.45, 2.75) is 38.5 Å². The topological polar surface area (TPSA) is 43.4 Å². The third-order valence-electron chi connectivity index (χ3n) is 5.45. The highest BCUT2D eigenvalue weighted by Crippen LogP contribution is 2.51. The molecular formula is C16H22O3. The Morgan fingerprint density at radius 2 is 2.16 bits per heavy atom. The number of ketones is 1. The zero-order chi connectivity index (χ0) is 13.4. The zero-order valence-electron chi connectivity index (χ0n) is 11.5. The van der Waals surface area contributed by atoms with Crippen molar-refractivity contribution in [3.05, 3.63) is 12.2 Å². The Bertz CT molecular complexity index is 412. The second-order valence-electron chi connectivity index (χ2n) is 6.32. The Balaban J connectivity index is 1.85. The van der Waals surface area contributed by atoms with Crippen LogP contribution in [0.3, 0.4) is 0 Å². The molecule has 0 aromatic heterocycles. The fourth-order valence-corrected chi connectivity index (χ4v) is 4.63. The highest BCUT2D eigenvalue weighted by molar-refractivity contribution is 5.79. The number of hydrogen-bond donors (Lipinski definition) is 0. The number of carbonyl (C=O) groups excluding carboxylic acids is 2. The fraction of sp³-hybridized carbons (Fsp3) is 0.750. The van der Waals surface area contributed by atoms with E-state index in [1.54, 1.807) is 0 Å². The number of rotatable bonds is 1. The Labute approximate surface area is 114 Å². The van der Waals surface area contributed by atoms with E-state index >= 15 is 0 Å². The molecule has 0 N–H and O–H groups in total. The first-order chi connectivity index (χ1) is 9.20. The monoisotopic (exact) mass is 262 g/mol. The van der Waals surface area contributed by atoms with Gasteiger partial charge in [-0.1, -0.05) is 12.2 Å². The van der Waals surface area contributed by atoms with Gasteiger partial charge in [-0.15, -0.1) is 0 Å². The summed E-state index contributed by atoms with van der Waals surface area (Å²) in [5.41, 5.74) is 0. The molecule has 0 aliphatic heterocycles. The van der Waals surface area contributed by atoms with Gasteiger partial charge < -0.3 is 4.74 Å². The van der Waals surface area contributed by atoms with Gasteiger partial charge in [-0.25, -0.2) is 0 Å². The molecule has 3 aliphatic carbocycles. The van der Waals surface area contributed by atoms with E-state index in [1.165, 1.54) is 7.11 Å². The summed E-state index contributed by atoms with van der Waals surface area (Å²) in [5, 5.41) is 0. The van der Waals surface area contributed by atoms with E-state index in [-0.39, 0.29) is 11.9 Å². The number of carbonyl (C=O) groups is 2. The quantitative estimate of drug-likeness (QED) is 0.539. The van der Waals surface area contributed by atoms with Crippen molar-refractivity contribution in [1.82, 2.24) is 0 Å². The fourth-order valence-electron chi connectivity index (χ4n) is 4.63. The summed E-state index contributed by atoms with van der Waals surface area (Å²) < 4.78 is 5.00. The van der Waals surface area contributed by atoms with Crippen LogP contribution in [0.15, 0.2) is 12.2 Å². The van der Waals surface area contributed by atoms with Crippen LogP contribution in [0.5, 0.6) is 0 Å². The maximum absolute atomic E-state index is 12.0. The average Bonchev–Trinajstić information content (AvgIpc) is 2.45. The third kappa shape index (κ3) is 2.24. The minimum absolute atomic E-state index is 0.0148. The lowest BCUT2D eigenvalue weighted by molar-refractivity contribution is -0.151. The van der Waals surface area contributed by atoms with E-state index in [0.717, 1.165) is 32.1 Å². The van der Waals surface area contributed by atoms with Crippen LogP contribution in [-0.2, 0) is 14.3 Å². The summed E-state index contributed by atoms with van der Waals surface area (Å²) in [4.78, 5) is 23.7. The van der Waals surface area contributed by atoms with E-state index in [0.29, 0.717) is 35.9 Å². The van der Waals surface area contributed by atoms with Gasteiger partial charge in [0.05, 0.1) is 13.0 Å². The molecule has 3 nitrogen and oxygen atoms in total. The number of ether oxygens (including phenoxy) is 1. The average molecular weight is 262 g/mol. The predicted octanol–water partition coefficient (Wildman–Crippen LogP) is 2.75. The molecule has 19 heavy (non-hydrogen) atoms. The molecule has 5 unspecified atom stereocenters. The van der Waals surface area contributed by atoms with E-state index in [4.69, 9.17) is 4.74 Å². The number of fused-ring (bicyclic) bond motifs is 3. The second-order valence-corrected chi connectivity index (χ2v) is 6.32. The summed E-state index contributed by atoms with van der Waals surface area (Å²) in [6, 6.07) is 0. The molecule has 2 saturated carbocycles. The van der Waals surface area contributed by atoms with Crippen LogP contribution < -0.4 is 0 Å². The molecule has 0 saturated heterocycles. The Hall–Kier alpha value is -1.12. The largest absolute Gasteiger partial charge is 0.469 e. The number of hydrogen-bond acceptors (Lipinski definition) is 3. The van der Waals surface area contributed by atoms with Crippen molar-refractivity contribution in [1.29, 1.82) is 0 Å². The maximum atomic E-state index is 12.0. The van der Waals surface area contributed by atoms with E-state index in [2.05, 4.69) is 12.2 Å². The van der Waals surface area contributed by atoms with Gasteiger partial charge in [0.2, 0.25) is 0 Å². The Morgan fingerprint density at radius 1 is 1.32 bits per heavy atom. The van der Waals surface area contributed by atoms with Crippen molar-refractivity contribution >= 4 is 11.8 Å². The smallest absolute Gasteiger partial charge is 0.309 e. The Kier molecular flexibility index (Phi) is 3.46. The molecule has 0 amide bonds. The molecule has 0 spiro atoms. The van der Waals surface area contributed by atoms with Gasteiger partial charge in [-0.05, 0) is 49.4 Å². The maximum Gasteiger partial charge on any atom is 0.309 e. The summed E-state index contributed by atoms with van der Waals surface area (Å²) in [6.45, 7) is 0. The summed E-state index contributed by atoms with van der Waals surface area (Å²) in [5.74, 6) is 2.36. The molecule has 104 valence electrons. The van der Waals surface area contributed by atoms with E-state index < -0.39 is 0 Å². The lowest BCUT2D eigenvalue weighted by atomic mass is 9.56. The first-order valence-corrected chi connectivity index (χ1v) is 7.47. The van der Waals surface area contributed by atoms with Gasteiger partial charge in [-0.3, -0.25) is 9.59 Å². The molecule has 2 fully saturated rings. The van der Waals surface area contributed by atoms with Crippen LogP contribution in [0.25, 0.3) is 0 Å². The van der Waals surface area contributed by atoms with Crippen LogP contribution in [0.4, 0.5) is 0 Å². The number of allylic oxidation sites excluding steroid dienone is 2. The first kappa shape index (κ1) is 12.9. The molecule has 0 heterocycles. The molecule has 0 bridgehead atoms. The van der Waals surface area contributed by atoms with Crippen LogP contribution in [-0.4, -0.2) is 18.9 Å². The third-order valence-corrected chi connectivity index (χ3v) is 5.45. The minimum Gasteiger partial charge on any atom is -0.469 e. The van der Waals surface area contributed by atoms with Crippen molar-refractivity contribution in [2.24, 2.45) is 29.6 Å².